The van der Waals surface area contributed by atoms with Gasteiger partial charge < -0.3 is 10.2 Å². The van der Waals surface area contributed by atoms with E-state index >= 15 is 4.39 Å². The van der Waals surface area contributed by atoms with Crippen LogP contribution in [-0.4, -0.2) is 60.4 Å². The number of carbonyl (C=O) groups is 2. The van der Waals surface area contributed by atoms with E-state index in [-0.39, 0.29) is 12.2 Å². The number of halogens is 1. The number of ketones is 2. The molecular formula is C23H31FO7S. The van der Waals surface area contributed by atoms with E-state index in [1.165, 1.54) is 12.2 Å². The lowest BCUT2D eigenvalue weighted by molar-refractivity contribution is -0.219. The average molecular weight is 471 g/mol. The zero-order chi connectivity index (χ0) is 23.9. The lowest BCUT2D eigenvalue weighted by Gasteiger charge is -2.62. The fraction of sp³-hybridized carbons (Fsp3) is 0.739. The first-order chi connectivity index (χ1) is 14.6. The molecule has 0 aromatic carbocycles. The molecule has 0 heterocycles. The molecule has 0 spiro atoms. The summed E-state index contributed by atoms with van der Waals surface area (Å²) in [6.45, 7) is 4.29. The average Bonchev–Trinajstić information content (AvgIpc) is 2.89. The fourth-order valence-electron chi connectivity index (χ4n) is 7.41. The Hall–Kier alpha value is -1.42. The van der Waals surface area contributed by atoms with Gasteiger partial charge in [-0.05, 0) is 56.6 Å². The summed E-state index contributed by atoms with van der Waals surface area (Å²) in [5, 5.41) is 22.9. The topological polar surface area (TPSA) is 118 Å². The van der Waals surface area contributed by atoms with Crippen molar-refractivity contribution < 1.29 is 36.8 Å². The van der Waals surface area contributed by atoms with Crippen molar-refractivity contribution in [3.8, 4) is 0 Å². The summed E-state index contributed by atoms with van der Waals surface area (Å²) in [6.07, 6.45) is 4.75. The Bertz CT molecular complexity index is 1030. The van der Waals surface area contributed by atoms with Crippen molar-refractivity contribution in [2.75, 3.05) is 12.9 Å². The molecule has 2 N–H and O–H groups in total. The molecule has 0 bridgehead atoms. The number of hydrogen-bond acceptors (Lipinski definition) is 7. The van der Waals surface area contributed by atoms with Crippen molar-refractivity contribution in [3.05, 3.63) is 23.8 Å². The molecule has 3 saturated carbocycles. The van der Waals surface area contributed by atoms with Crippen LogP contribution in [0.2, 0.25) is 0 Å². The third-order valence-corrected chi connectivity index (χ3v) is 9.60. The molecule has 9 heteroatoms. The minimum absolute atomic E-state index is 0.166. The molecule has 0 amide bonds. The Morgan fingerprint density at radius 2 is 1.97 bits per heavy atom. The summed E-state index contributed by atoms with van der Waals surface area (Å²) in [4.78, 5) is 25.0. The Morgan fingerprint density at radius 3 is 2.59 bits per heavy atom. The van der Waals surface area contributed by atoms with E-state index in [9.17, 15) is 28.2 Å². The van der Waals surface area contributed by atoms with Crippen molar-refractivity contribution in [2.24, 2.45) is 28.6 Å². The van der Waals surface area contributed by atoms with Crippen LogP contribution in [0.3, 0.4) is 0 Å². The molecule has 0 saturated heterocycles. The Balaban J connectivity index is 1.75. The summed E-state index contributed by atoms with van der Waals surface area (Å²) in [5.41, 5.74) is -5.67. The molecular weight excluding hydrogens is 439 g/mol. The maximum absolute atomic E-state index is 17.0. The fourth-order valence-corrected chi connectivity index (χ4v) is 7.73. The summed E-state index contributed by atoms with van der Waals surface area (Å²) in [5.74, 6) is -2.60. The molecule has 32 heavy (non-hydrogen) atoms. The highest BCUT2D eigenvalue weighted by atomic mass is 32.2. The number of aliphatic hydroxyl groups excluding tert-OH is 1. The first-order valence-corrected chi connectivity index (χ1v) is 12.8. The van der Waals surface area contributed by atoms with Crippen molar-refractivity contribution in [1.82, 2.24) is 0 Å². The second-order valence-corrected chi connectivity index (χ2v) is 12.2. The van der Waals surface area contributed by atoms with Crippen molar-refractivity contribution in [2.45, 2.75) is 63.8 Å². The molecule has 178 valence electrons. The van der Waals surface area contributed by atoms with E-state index in [1.807, 2.05) is 0 Å². The number of rotatable bonds is 4. The molecule has 4 aliphatic rings. The molecule has 0 aliphatic heterocycles. The zero-order valence-corrected chi connectivity index (χ0v) is 19.6. The molecule has 7 nitrogen and oxygen atoms in total. The smallest absolute Gasteiger partial charge is 0.264 e. The van der Waals surface area contributed by atoms with Crippen molar-refractivity contribution >= 4 is 21.7 Å². The second kappa shape index (κ2) is 7.04. The largest absolute Gasteiger partial charge is 0.390 e. The Labute approximate surface area is 187 Å². The normalized spacial score (nSPS) is 48.0. The van der Waals surface area contributed by atoms with Gasteiger partial charge in [-0.25, -0.2) is 4.39 Å². The third kappa shape index (κ3) is 2.90. The van der Waals surface area contributed by atoms with Gasteiger partial charge >= 0.3 is 0 Å². The SMILES string of the molecule is CC1C[C@H]2[C@@H]3CCC4=CC(=O)C=C[C@]4(C)[C@@]3(F)[C@@H](O)C[C@]2(C)[C@@]1(O)C(=O)COS(C)(=O)=O. The van der Waals surface area contributed by atoms with Gasteiger partial charge in [0, 0.05) is 16.7 Å². The van der Waals surface area contributed by atoms with Gasteiger partial charge in [0.15, 0.2) is 17.2 Å². The van der Waals surface area contributed by atoms with E-state index in [2.05, 4.69) is 4.18 Å². The first-order valence-electron chi connectivity index (χ1n) is 11.0. The molecule has 1 unspecified atom stereocenters. The number of hydrogen-bond donors (Lipinski definition) is 2. The predicted octanol–water partition coefficient (Wildman–Crippen LogP) is 1.88. The van der Waals surface area contributed by atoms with Crippen LogP contribution in [0.5, 0.6) is 0 Å². The molecule has 0 aromatic rings. The number of allylic oxidation sites excluding steroid dienone is 4. The van der Waals surface area contributed by atoms with Crippen LogP contribution in [0.15, 0.2) is 23.8 Å². The van der Waals surface area contributed by atoms with E-state index in [0.29, 0.717) is 24.8 Å². The van der Waals surface area contributed by atoms with Gasteiger partial charge in [0.25, 0.3) is 10.1 Å². The number of fused-ring (bicyclic) bond motifs is 5. The Kier molecular flexibility index (Phi) is 5.22. The maximum atomic E-state index is 17.0. The molecule has 0 aromatic heterocycles. The highest BCUT2D eigenvalue weighted by Gasteiger charge is 2.75. The van der Waals surface area contributed by atoms with Gasteiger partial charge in [-0.2, -0.15) is 8.42 Å². The van der Waals surface area contributed by atoms with Gasteiger partial charge in [-0.15, -0.1) is 0 Å². The highest BCUT2D eigenvalue weighted by Crippen LogP contribution is 2.70. The van der Waals surface area contributed by atoms with Crippen molar-refractivity contribution in [3.63, 3.8) is 0 Å². The van der Waals surface area contributed by atoms with E-state index in [4.69, 9.17) is 0 Å². The molecule has 0 radical (unpaired) electrons. The van der Waals surface area contributed by atoms with Gasteiger partial charge in [0.2, 0.25) is 0 Å². The molecule has 4 rings (SSSR count). The number of Topliss-reactive ketones (excluding diaryl/α,β-unsaturated/α-hetero) is 1. The van der Waals surface area contributed by atoms with Gasteiger partial charge in [0.05, 0.1) is 12.4 Å². The van der Waals surface area contributed by atoms with Gasteiger partial charge in [0.1, 0.15) is 12.2 Å². The van der Waals surface area contributed by atoms with Crippen LogP contribution in [0.1, 0.15) is 46.5 Å². The predicted molar refractivity (Wildman–Crippen MR) is 114 cm³/mol. The summed E-state index contributed by atoms with van der Waals surface area (Å²) >= 11 is 0. The summed E-state index contributed by atoms with van der Waals surface area (Å²) < 4.78 is 44.5. The van der Waals surface area contributed by atoms with Crippen LogP contribution in [-0.2, 0) is 23.9 Å². The highest BCUT2D eigenvalue weighted by molar-refractivity contribution is 7.86. The Morgan fingerprint density at radius 1 is 1.31 bits per heavy atom. The number of carbonyl (C=O) groups excluding carboxylic acids is 2. The lowest BCUT2D eigenvalue weighted by Crippen LogP contribution is -2.69. The minimum Gasteiger partial charge on any atom is -0.390 e. The third-order valence-electron chi connectivity index (χ3n) is 9.05. The second-order valence-electron chi connectivity index (χ2n) is 10.6. The van der Waals surface area contributed by atoms with Crippen LogP contribution in [0.25, 0.3) is 0 Å². The molecule has 8 atom stereocenters. The molecule has 3 fully saturated rings. The molecule has 4 aliphatic carbocycles. The van der Waals surface area contributed by atoms with E-state index < -0.39 is 68.5 Å². The van der Waals surface area contributed by atoms with Crippen molar-refractivity contribution in [1.29, 1.82) is 0 Å². The summed E-state index contributed by atoms with van der Waals surface area (Å²) in [7, 11) is -3.89. The summed E-state index contributed by atoms with van der Waals surface area (Å²) in [6, 6.07) is 0. The first kappa shape index (κ1) is 23.7. The quantitative estimate of drug-likeness (QED) is 0.602. The van der Waals surface area contributed by atoms with Crippen LogP contribution in [0.4, 0.5) is 4.39 Å². The monoisotopic (exact) mass is 470 g/mol. The number of alkyl halides is 1. The maximum Gasteiger partial charge on any atom is 0.264 e. The zero-order valence-electron chi connectivity index (χ0n) is 18.8. The minimum atomic E-state index is -3.89. The van der Waals surface area contributed by atoms with Crippen LogP contribution >= 0.6 is 0 Å². The standard InChI is InChI=1S/C23H31FO7S/c1-13-9-17-16-6-5-14-10-15(25)7-8-20(14,2)22(16,24)18(26)11-21(17,3)23(13,28)19(27)12-31-32(4,29)30/h7-8,10,13,16-18,26,28H,5-6,9,11-12H2,1-4H3/t13?,16-,17-,18-,20-,21-,22-,23-/m0/s1. The van der Waals surface area contributed by atoms with Crippen LogP contribution in [0, 0.1) is 28.6 Å². The van der Waals surface area contributed by atoms with E-state index in [1.54, 1.807) is 26.8 Å². The lowest BCUT2D eigenvalue weighted by atomic mass is 9.44. The number of aliphatic hydroxyl groups is 2. The van der Waals surface area contributed by atoms with Crippen LogP contribution < -0.4 is 0 Å². The van der Waals surface area contributed by atoms with Gasteiger partial charge in [-0.3, -0.25) is 13.8 Å². The van der Waals surface area contributed by atoms with E-state index in [0.717, 1.165) is 6.26 Å². The van der Waals surface area contributed by atoms with Gasteiger partial charge in [-0.1, -0.05) is 25.5 Å².